The van der Waals surface area contributed by atoms with Gasteiger partial charge in [-0.2, -0.15) is 0 Å². The number of hydrogen-bond donors (Lipinski definition) is 1. The highest BCUT2D eigenvalue weighted by Crippen LogP contribution is 2.44. The zero-order valence-electron chi connectivity index (χ0n) is 33.3. The second kappa shape index (κ2) is 33.5. The molecule has 0 heterocycles. The molecule has 9 nitrogen and oxygen atoms in total. The van der Waals surface area contributed by atoms with Gasteiger partial charge in [0.25, 0.3) is 0 Å². The van der Waals surface area contributed by atoms with E-state index in [2.05, 4.69) is 13.8 Å². The molecule has 0 radical (unpaired) electrons. The topological polar surface area (TPSA) is 118 Å². The number of hydrogen-bond acceptors (Lipinski definition) is 8. The number of unbranched alkanes of at least 4 members (excludes halogenated alkanes) is 24. The minimum atomic E-state index is -4.55. The lowest BCUT2D eigenvalue weighted by Crippen LogP contribution is -2.29. The Balaban J connectivity index is 2.37. The Kier molecular flexibility index (Phi) is 30.9. The smallest absolute Gasteiger partial charge is 0.497 e. The summed E-state index contributed by atoms with van der Waals surface area (Å²) in [6.07, 6.45) is 31.0. The van der Waals surface area contributed by atoms with Gasteiger partial charge in [0.1, 0.15) is 24.7 Å². The maximum Gasteiger partial charge on any atom is 0.527 e. The molecule has 0 saturated heterocycles. The number of rotatable bonds is 37. The first kappa shape index (κ1) is 47.9. The lowest BCUT2D eigenvalue weighted by atomic mass is 10.0. The molecule has 0 fully saturated rings. The van der Waals surface area contributed by atoms with Crippen LogP contribution in [0.1, 0.15) is 194 Å². The maximum absolute atomic E-state index is 12.7. The molecule has 0 aliphatic heterocycles. The van der Waals surface area contributed by atoms with Crippen LogP contribution in [0.25, 0.3) is 0 Å². The van der Waals surface area contributed by atoms with Crippen molar-refractivity contribution in [2.45, 2.75) is 200 Å². The molecule has 52 heavy (non-hydrogen) atoms. The van der Waals surface area contributed by atoms with E-state index in [9.17, 15) is 19.0 Å². The Morgan fingerprint density at radius 2 is 0.923 bits per heavy atom. The molecule has 2 atom stereocenters. The van der Waals surface area contributed by atoms with Gasteiger partial charge in [0.15, 0.2) is 6.10 Å². The number of carbonyl (C=O) groups excluding carboxylic acids is 2. The third-order valence-corrected chi connectivity index (χ3v) is 10.3. The van der Waals surface area contributed by atoms with Gasteiger partial charge >= 0.3 is 19.8 Å². The number of methoxy groups -OCH3 is 1. The van der Waals surface area contributed by atoms with Crippen LogP contribution in [0.15, 0.2) is 24.3 Å². The fraction of sp³-hybridized carbons (Fsp3) is 0.810. The third kappa shape index (κ3) is 29.4. The average molecular weight is 755 g/mol. The van der Waals surface area contributed by atoms with E-state index >= 15 is 0 Å². The van der Waals surface area contributed by atoms with Crippen molar-refractivity contribution in [3.63, 3.8) is 0 Å². The van der Waals surface area contributed by atoms with Gasteiger partial charge in [0.2, 0.25) is 0 Å². The number of ether oxygens (including phenoxy) is 3. The lowest BCUT2D eigenvalue weighted by Gasteiger charge is -2.20. The number of carbonyl (C=O) groups is 2. The standard InChI is InChI=1S/C42H75O9P/c1-4-6-8-10-12-14-16-18-20-22-24-26-28-30-41(43)48-36-40(37-49-52(45,46)51-39-34-32-38(47-3)33-35-39)50-42(44)31-29-27-25-23-21-19-17-15-13-11-9-7-5-2/h32-35,40H,4-31,36-37H2,1-3H3,(H,45,46). The zero-order valence-corrected chi connectivity index (χ0v) is 34.2. The summed E-state index contributed by atoms with van der Waals surface area (Å²) < 4.78 is 39.1. The first-order chi connectivity index (χ1) is 25.3. The summed E-state index contributed by atoms with van der Waals surface area (Å²) in [6.45, 7) is 3.78. The van der Waals surface area contributed by atoms with Crippen LogP contribution in [-0.4, -0.2) is 43.3 Å². The van der Waals surface area contributed by atoms with Gasteiger partial charge in [-0.25, -0.2) is 4.57 Å². The third-order valence-electron chi connectivity index (χ3n) is 9.40. The molecule has 1 rings (SSSR count). The largest absolute Gasteiger partial charge is 0.527 e. The Hall–Kier alpha value is -2.09. The van der Waals surface area contributed by atoms with Crippen molar-refractivity contribution < 1.29 is 42.3 Å². The Morgan fingerprint density at radius 3 is 1.33 bits per heavy atom. The summed E-state index contributed by atoms with van der Waals surface area (Å²) in [5.74, 6) is -0.153. The predicted molar refractivity (Wildman–Crippen MR) is 211 cm³/mol. The number of phosphoric acid groups is 1. The molecular weight excluding hydrogens is 679 g/mol. The molecule has 10 heteroatoms. The fourth-order valence-corrected chi connectivity index (χ4v) is 6.96. The number of esters is 2. The second-order valence-electron chi connectivity index (χ2n) is 14.3. The van der Waals surface area contributed by atoms with Gasteiger partial charge in [0.05, 0.1) is 7.11 Å². The van der Waals surface area contributed by atoms with E-state index in [1.54, 1.807) is 12.1 Å². The van der Waals surface area contributed by atoms with Crippen LogP contribution in [0.4, 0.5) is 0 Å². The molecule has 302 valence electrons. The van der Waals surface area contributed by atoms with Crippen LogP contribution < -0.4 is 9.26 Å². The summed E-state index contributed by atoms with van der Waals surface area (Å²) in [5.41, 5.74) is 0. The van der Waals surface area contributed by atoms with Crippen molar-refractivity contribution in [3.05, 3.63) is 24.3 Å². The summed E-state index contributed by atoms with van der Waals surface area (Å²) in [4.78, 5) is 35.5. The Morgan fingerprint density at radius 1 is 0.558 bits per heavy atom. The van der Waals surface area contributed by atoms with Crippen molar-refractivity contribution in [3.8, 4) is 11.5 Å². The van der Waals surface area contributed by atoms with Crippen LogP contribution in [0.3, 0.4) is 0 Å². The molecule has 0 aliphatic carbocycles. The van der Waals surface area contributed by atoms with Crippen molar-refractivity contribution >= 4 is 19.8 Å². The highest BCUT2D eigenvalue weighted by atomic mass is 31.2. The predicted octanol–water partition coefficient (Wildman–Crippen LogP) is 12.6. The zero-order chi connectivity index (χ0) is 38.0. The second-order valence-corrected chi connectivity index (χ2v) is 15.7. The molecular formula is C42H75O9P. The summed E-state index contributed by atoms with van der Waals surface area (Å²) >= 11 is 0. The van der Waals surface area contributed by atoms with E-state index in [1.165, 1.54) is 141 Å². The van der Waals surface area contributed by atoms with Crippen molar-refractivity contribution in [1.82, 2.24) is 0 Å². The van der Waals surface area contributed by atoms with E-state index < -0.39 is 26.5 Å². The van der Waals surface area contributed by atoms with Gasteiger partial charge in [-0.1, -0.05) is 168 Å². The van der Waals surface area contributed by atoms with E-state index in [-0.39, 0.29) is 31.2 Å². The quantitative estimate of drug-likeness (QED) is 0.0402. The number of benzene rings is 1. The van der Waals surface area contributed by atoms with Crippen LogP contribution in [0, 0.1) is 0 Å². The molecule has 0 amide bonds. The summed E-state index contributed by atoms with van der Waals surface area (Å²) in [7, 11) is -3.03. The molecule has 1 N–H and O–H groups in total. The highest BCUT2D eigenvalue weighted by Gasteiger charge is 2.27. The minimum absolute atomic E-state index is 0.117. The molecule has 2 unspecified atom stereocenters. The molecule has 0 aromatic heterocycles. The summed E-state index contributed by atoms with van der Waals surface area (Å²) in [6, 6.07) is 6.15. The first-order valence-electron chi connectivity index (χ1n) is 21.0. The molecule has 1 aromatic carbocycles. The van der Waals surface area contributed by atoms with Gasteiger partial charge in [-0.05, 0) is 37.1 Å². The van der Waals surface area contributed by atoms with Crippen LogP contribution in [-0.2, 0) is 28.2 Å². The van der Waals surface area contributed by atoms with E-state index in [4.69, 9.17) is 23.3 Å². The maximum atomic E-state index is 12.7. The molecule has 0 aliphatic rings. The van der Waals surface area contributed by atoms with Crippen LogP contribution >= 0.6 is 7.82 Å². The van der Waals surface area contributed by atoms with E-state index in [1.807, 2.05) is 0 Å². The fourth-order valence-electron chi connectivity index (χ4n) is 6.17. The van der Waals surface area contributed by atoms with E-state index in [0.29, 0.717) is 12.2 Å². The van der Waals surface area contributed by atoms with Gasteiger partial charge < -0.3 is 18.7 Å². The van der Waals surface area contributed by atoms with E-state index in [0.717, 1.165) is 38.5 Å². The summed E-state index contributed by atoms with van der Waals surface area (Å²) in [5, 5.41) is 0. The monoisotopic (exact) mass is 755 g/mol. The van der Waals surface area contributed by atoms with Crippen LogP contribution in [0.5, 0.6) is 11.5 Å². The SMILES string of the molecule is CCCCCCCCCCCCCCCC(=O)OCC(COP(=O)(O)Oc1ccc(OC)cc1)OC(=O)CCCCCCCCCCCCCCC. The van der Waals surface area contributed by atoms with Crippen LogP contribution in [0.2, 0.25) is 0 Å². The Labute approximate surface area is 317 Å². The molecule has 0 bridgehead atoms. The molecule has 1 aromatic rings. The van der Waals surface area contributed by atoms with Crippen molar-refractivity contribution in [2.75, 3.05) is 20.3 Å². The van der Waals surface area contributed by atoms with Gasteiger partial charge in [-0.15, -0.1) is 0 Å². The average Bonchev–Trinajstić information content (AvgIpc) is 3.13. The normalized spacial score (nSPS) is 13.0. The first-order valence-corrected chi connectivity index (χ1v) is 22.4. The van der Waals surface area contributed by atoms with Gasteiger partial charge in [0, 0.05) is 12.8 Å². The minimum Gasteiger partial charge on any atom is -0.497 e. The lowest BCUT2D eigenvalue weighted by molar-refractivity contribution is -0.161. The van der Waals surface area contributed by atoms with Crippen molar-refractivity contribution in [1.29, 1.82) is 0 Å². The Bertz CT molecular complexity index is 1030. The van der Waals surface area contributed by atoms with Crippen molar-refractivity contribution in [2.24, 2.45) is 0 Å². The number of phosphoric ester groups is 1. The highest BCUT2D eigenvalue weighted by molar-refractivity contribution is 7.47. The van der Waals surface area contributed by atoms with Gasteiger partial charge in [-0.3, -0.25) is 19.0 Å². The molecule has 0 saturated carbocycles. The molecule has 0 spiro atoms.